The van der Waals surface area contributed by atoms with Gasteiger partial charge in [-0.25, -0.2) is 4.79 Å². The van der Waals surface area contributed by atoms with Gasteiger partial charge in [-0.1, -0.05) is 76.6 Å². The van der Waals surface area contributed by atoms with E-state index in [-0.39, 0.29) is 56.2 Å². The van der Waals surface area contributed by atoms with Crippen LogP contribution < -0.4 is 21.3 Å². The van der Waals surface area contributed by atoms with Crippen molar-refractivity contribution in [2.24, 2.45) is 5.92 Å². The zero-order valence-electron chi connectivity index (χ0n) is 33.1. The van der Waals surface area contributed by atoms with E-state index in [4.69, 9.17) is 28.8 Å². The summed E-state index contributed by atoms with van der Waals surface area (Å²) in [5, 5.41) is 20.1. The number of hydrogen-bond donors (Lipinski definition) is 5. The maximum Gasteiger partial charge on any atom is 0.326 e. The number of Topliss-reactive ketones (excluding diaryl/α,β-unsaturated/α-hetero) is 1. The molecular formula is C41H64N4O10. The fourth-order valence-electron chi connectivity index (χ4n) is 4.30. The van der Waals surface area contributed by atoms with Crippen molar-refractivity contribution in [3.8, 4) is 0 Å². The predicted octanol–water partition coefficient (Wildman–Crippen LogP) is 4.06. The number of ketones is 1. The Balaban J connectivity index is 3.88. The second-order valence-electron chi connectivity index (χ2n) is 12.3. The number of amides is 2. The Labute approximate surface area is 327 Å². The van der Waals surface area contributed by atoms with Gasteiger partial charge in [0, 0.05) is 31.1 Å². The molecule has 0 aliphatic carbocycles. The van der Waals surface area contributed by atoms with E-state index in [0.717, 1.165) is 23.1 Å². The number of aliphatic carboxylic acids is 1. The van der Waals surface area contributed by atoms with Crippen LogP contribution in [0.15, 0.2) is 97.7 Å². The molecule has 0 rings (SSSR count). The topological polar surface area (TPSA) is 183 Å². The third kappa shape index (κ3) is 29.3. The van der Waals surface area contributed by atoms with Crippen LogP contribution in [0.2, 0.25) is 0 Å². The molecule has 0 aliphatic heterocycles. The second kappa shape index (κ2) is 32.7. The summed E-state index contributed by atoms with van der Waals surface area (Å²) in [5.41, 5.74) is 3.26. The highest BCUT2D eigenvalue weighted by molar-refractivity contribution is 5.79. The number of hydrogen-bond acceptors (Lipinski definition) is 11. The normalized spacial score (nSPS) is 12.5. The highest BCUT2D eigenvalue weighted by Gasteiger charge is 2.16. The molecule has 0 saturated heterocycles. The minimum atomic E-state index is -1.04. The standard InChI is InChI=1S/C41H64N4O10/c1-9-11-37(32(4)13-12-31(3)28-33(5)36(8)46)15-14-35(7)55-23-20-45-40(48)30-54-27-25-51-21-18-43-34(6)29-53-26-24-52-22-19-44-39(47)17-16-38(41(49)50)42-10-2/h10-15,33,38,42-43H,2-4,6-7,9,16-30H2,1,5,8H3,(H,44,47)(H,45,48)(H,49,50)/b13-12-,15-14-,37-11-/t33-,38-/m0/s1. The monoisotopic (exact) mass is 772 g/mol. The van der Waals surface area contributed by atoms with Gasteiger partial charge in [-0.2, -0.15) is 0 Å². The average molecular weight is 773 g/mol. The molecule has 308 valence electrons. The van der Waals surface area contributed by atoms with Crippen molar-refractivity contribution in [1.29, 1.82) is 0 Å². The lowest BCUT2D eigenvalue weighted by atomic mass is 9.97. The minimum absolute atomic E-state index is 0.0702. The second-order valence-corrected chi connectivity index (χ2v) is 12.3. The first-order valence-corrected chi connectivity index (χ1v) is 18.4. The van der Waals surface area contributed by atoms with Crippen LogP contribution in [-0.2, 0) is 42.9 Å². The van der Waals surface area contributed by atoms with Crippen molar-refractivity contribution < 1.29 is 48.0 Å². The molecule has 0 aliphatic rings. The Morgan fingerprint density at radius 2 is 1.35 bits per heavy atom. The molecule has 0 bridgehead atoms. The van der Waals surface area contributed by atoms with Crippen molar-refractivity contribution in [1.82, 2.24) is 21.3 Å². The van der Waals surface area contributed by atoms with Gasteiger partial charge in [0.1, 0.15) is 30.8 Å². The van der Waals surface area contributed by atoms with E-state index < -0.39 is 12.0 Å². The summed E-state index contributed by atoms with van der Waals surface area (Å²) < 4.78 is 27.4. The molecule has 0 aromatic carbocycles. The minimum Gasteiger partial charge on any atom is -0.492 e. The number of ether oxygens (including phenoxy) is 5. The molecule has 0 fully saturated rings. The smallest absolute Gasteiger partial charge is 0.326 e. The quantitative estimate of drug-likeness (QED) is 0.0351. The molecule has 2 atom stereocenters. The summed E-state index contributed by atoms with van der Waals surface area (Å²) in [6.45, 7) is 28.5. The van der Waals surface area contributed by atoms with Gasteiger partial charge in [0.05, 0.1) is 52.8 Å². The lowest BCUT2D eigenvalue weighted by molar-refractivity contribution is -0.139. The first-order chi connectivity index (χ1) is 26.3. The van der Waals surface area contributed by atoms with Crippen LogP contribution in [0.5, 0.6) is 0 Å². The lowest BCUT2D eigenvalue weighted by Crippen LogP contribution is -2.35. The van der Waals surface area contributed by atoms with Crippen LogP contribution in [0.25, 0.3) is 0 Å². The predicted molar refractivity (Wildman–Crippen MR) is 215 cm³/mol. The van der Waals surface area contributed by atoms with E-state index in [2.05, 4.69) is 54.2 Å². The molecule has 55 heavy (non-hydrogen) atoms. The molecular weight excluding hydrogens is 708 g/mol. The van der Waals surface area contributed by atoms with Gasteiger partial charge in [-0.05, 0) is 49.6 Å². The van der Waals surface area contributed by atoms with E-state index >= 15 is 0 Å². The zero-order chi connectivity index (χ0) is 41.3. The molecule has 0 aromatic heterocycles. The van der Waals surface area contributed by atoms with Crippen LogP contribution in [-0.4, -0.2) is 114 Å². The van der Waals surface area contributed by atoms with Gasteiger partial charge in [0.15, 0.2) is 0 Å². The molecule has 0 saturated carbocycles. The van der Waals surface area contributed by atoms with Crippen LogP contribution in [0, 0.1) is 5.92 Å². The molecule has 5 N–H and O–H groups in total. The van der Waals surface area contributed by atoms with Crippen LogP contribution in [0.4, 0.5) is 0 Å². The number of rotatable bonds is 36. The van der Waals surface area contributed by atoms with Gasteiger partial charge in [0.25, 0.3) is 0 Å². The Morgan fingerprint density at radius 3 is 1.96 bits per heavy atom. The number of carbonyl (C=O) groups is 4. The highest BCUT2D eigenvalue weighted by atomic mass is 16.5. The van der Waals surface area contributed by atoms with E-state index in [1.165, 1.54) is 6.20 Å². The van der Waals surface area contributed by atoms with E-state index in [0.29, 0.717) is 77.2 Å². The molecule has 14 nitrogen and oxygen atoms in total. The van der Waals surface area contributed by atoms with Crippen molar-refractivity contribution in [2.45, 2.75) is 52.5 Å². The Morgan fingerprint density at radius 1 is 0.745 bits per heavy atom. The summed E-state index contributed by atoms with van der Waals surface area (Å²) in [5.74, 6) is -1.05. The van der Waals surface area contributed by atoms with Gasteiger partial charge in [-0.15, -0.1) is 0 Å². The molecule has 0 radical (unpaired) electrons. The summed E-state index contributed by atoms with van der Waals surface area (Å²) in [6, 6.07) is -0.853. The lowest BCUT2D eigenvalue weighted by Gasteiger charge is -2.12. The first kappa shape index (κ1) is 50.2. The van der Waals surface area contributed by atoms with Crippen LogP contribution in [0.1, 0.15) is 46.5 Å². The highest BCUT2D eigenvalue weighted by Crippen LogP contribution is 2.17. The largest absolute Gasteiger partial charge is 0.492 e. The fraction of sp³-hybridized carbons (Fsp3) is 0.512. The van der Waals surface area contributed by atoms with Crippen molar-refractivity contribution in [2.75, 3.05) is 79.1 Å². The zero-order valence-corrected chi connectivity index (χ0v) is 33.1. The average Bonchev–Trinajstić information content (AvgIpc) is 3.14. The molecule has 14 heteroatoms. The van der Waals surface area contributed by atoms with E-state index in [1.807, 2.05) is 38.2 Å². The van der Waals surface area contributed by atoms with Gasteiger partial charge in [-0.3, -0.25) is 14.4 Å². The summed E-state index contributed by atoms with van der Waals surface area (Å²) in [7, 11) is 0. The van der Waals surface area contributed by atoms with Crippen molar-refractivity contribution >= 4 is 23.6 Å². The molecule has 0 spiro atoms. The molecule has 0 unspecified atom stereocenters. The maximum absolute atomic E-state index is 12.0. The summed E-state index contributed by atoms with van der Waals surface area (Å²) >= 11 is 0. The van der Waals surface area contributed by atoms with Crippen LogP contribution in [0.3, 0.4) is 0 Å². The van der Waals surface area contributed by atoms with Crippen molar-refractivity contribution in [3.05, 3.63) is 97.7 Å². The third-order valence-electron chi connectivity index (χ3n) is 7.46. The van der Waals surface area contributed by atoms with E-state index in [1.54, 1.807) is 13.0 Å². The Hall–Kier alpha value is -4.76. The molecule has 2 amide bonds. The number of carbonyl (C=O) groups excluding carboxylic acids is 3. The maximum atomic E-state index is 12.0. The van der Waals surface area contributed by atoms with E-state index in [9.17, 15) is 19.2 Å². The molecule has 0 aromatic rings. The third-order valence-corrected chi connectivity index (χ3v) is 7.46. The number of carboxylic acids is 1. The van der Waals surface area contributed by atoms with Gasteiger partial charge in [0.2, 0.25) is 11.8 Å². The number of nitrogens with one attached hydrogen (secondary N) is 4. The van der Waals surface area contributed by atoms with Crippen molar-refractivity contribution in [3.63, 3.8) is 0 Å². The number of allylic oxidation sites excluding steroid dienone is 8. The SMILES string of the molecule is C=CN[C@@H](CCC(=O)NCCOCCOCC(=C)NCCOCCOCC(=O)NCCOC(=C)/C=C\C(=C\CC)C(=C)/C=C\C(=C)C[C@H](C)C(C)=O)C(=O)O. The Kier molecular flexibility index (Phi) is 29.8. The van der Waals surface area contributed by atoms with Crippen LogP contribution >= 0.6 is 0 Å². The fourth-order valence-corrected chi connectivity index (χ4v) is 4.30. The number of carboxylic acid groups (broad SMARTS) is 1. The molecule has 0 heterocycles. The van der Waals surface area contributed by atoms with Gasteiger partial charge < -0.3 is 50.1 Å². The van der Waals surface area contributed by atoms with Gasteiger partial charge >= 0.3 is 5.97 Å². The summed E-state index contributed by atoms with van der Waals surface area (Å²) in [6.07, 6.45) is 12.4. The summed E-state index contributed by atoms with van der Waals surface area (Å²) in [4.78, 5) is 46.4. The first-order valence-electron chi connectivity index (χ1n) is 18.4. The Bertz CT molecular complexity index is 1340.